The van der Waals surface area contributed by atoms with Gasteiger partial charge in [0.15, 0.2) is 0 Å². The highest BCUT2D eigenvalue weighted by Crippen LogP contribution is 2.22. The van der Waals surface area contributed by atoms with Crippen molar-refractivity contribution in [2.75, 3.05) is 26.2 Å². The van der Waals surface area contributed by atoms with Crippen LogP contribution in [0.4, 0.5) is 0 Å². The van der Waals surface area contributed by atoms with Crippen LogP contribution in [0.5, 0.6) is 0 Å². The van der Waals surface area contributed by atoms with Crippen LogP contribution in [0.1, 0.15) is 59.3 Å². The number of piperidine rings is 1. The molecular formula is C17H34N2O. The van der Waals surface area contributed by atoms with E-state index < -0.39 is 0 Å². The molecule has 0 aromatic carbocycles. The van der Waals surface area contributed by atoms with Gasteiger partial charge in [-0.05, 0) is 57.7 Å². The van der Waals surface area contributed by atoms with E-state index in [0.717, 1.165) is 12.6 Å². The average Bonchev–Trinajstić information content (AvgIpc) is 2.47. The van der Waals surface area contributed by atoms with Crippen molar-refractivity contribution in [3.05, 3.63) is 0 Å². The van der Waals surface area contributed by atoms with Gasteiger partial charge in [-0.2, -0.15) is 0 Å². The molecule has 20 heavy (non-hydrogen) atoms. The normalized spacial score (nSPS) is 30.0. The predicted molar refractivity (Wildman–Crippen MR) is 85.1 cm³/mol. The van der Waals surface area contributed by atoms with E-state index in [4.69, 9.17) is 4.74 Å². The van der Waals surface area contributed by atoms with Gasteiger partial charge in [-0.3, -0.25) is 0 Å². The van der Waals surface area contributed by atoms with Crippen molar-refractivity contribution < 1.29 is 4.74 Å². The smallest absolute Gasteiger partial charge is 0.0612 e. The molecule has 2 heterocycles. The van der Waals surface area contributed by atoms with E-state index in [-0.39, 0.29) is 0 Å². The van der Waals surface area contributed by atoms with Crippen molar-refractivity contribution >= 4 is 0 Å². The molecule has 0 bridgehead atoms. The number of likely N-dealkylation sites (tertiary alicyclic amines) is 1. The first-order valence-electron chi connectivity index (χ1n) is 8.79. The topological polar surface area (TPSA) is 24.5 Å². The Morgan fingerprint density at radius 3 is 2.55 bits per heavy atom. The highest BCUT2D eigenvalue weighted by molar-refractivity contribution is 4.84. The zero-order chi connectivity index (χ0) is 14.4. The van der Waals surface area contributed by atoms with Crippen LogP contribution in [0.25, 0.3) is 0 Å². The number of unbranched alkanes of at least 4 members (excludes halogenated alkanes) is 1. The lowest BCUT2D eigenvalue weighted by Gasteiger charge is -2.38. The molecule has 2 atom stereocenters. The molecule has 3 heteroatoms. The summed E-state index contributed by atoms with van der Waals surface area (Å²) in [5.41, 5.74) is 0. The third-order valence-corrected chi connectivity index (χ3v) is 4.95. The summed E-state index contributed by atoms with van der Waals surface area (Å²) in [5, 5.41) is 3.91. The maximum Gasteiger partial charge on any atom is 0.0612 e. The van der Waals surface area contributed by atoms with Crippen LogP contribution in [0, 0.1) is 5.92 Å². The molecule has 3 nitrogen and oxygen atoms in total. The zero-order valence-electron chi connectivity index (χ0n) is 13.7. The zero-order valence-corrected chi connectivity index (χ0v) is 13.7. The molecule has 0 aromatic rings. The summed E-state index contributed by atoms with van der Waals surface area (Å²) < 4.78 is 5.87. The summed E-state index contributed by atoms with van der Waals surface area (Å²) in [6, 6.07) is 1.42. The number of nitrogens with one attached hydrogen (secondary N) is 1. The van der Waals surface area contributed by atoms with Gasteiger partial charge in [0.05, 0.1) is 6.10 Å². The summed E-state index contributed by atoms with van der Waals surface area (Å²) in [5.74, 6) is 0.649. The average molecular weight is 282 g/mol. The van der Waals surface area contributed by atoms with Gasteiger partial charge in [0, 0.05) is 18.7 Å². The fourth-order valence-electron chi connectivity index (χ4n) is 3.48. The van der Waals surface area contributed by atoms with Crippen molar-refractivity contribution in [2.45, 2.75) is 77.5 Å². The number of rotatable bonds is 6. The molecule has 2 aliphatic rings. The molecule has 0 amide bonds. The lowest BCUT2D eigenvalue weighted by molar-refractivity contribution is -0.0270. The van der Waals surface area contributed by atoms with Gasteiger partial charge in [-0.15, -0.1) is 0 Å². The number of hydrogen-bond donors (Lipinski definition) is 1. The van der Waals surface area contributed by atoms with Crippen LogP contribution in [0.3, 0.4) is 0 Å². The van der Waals surface area contributed by atoms with Gasteiger partial charge >= 0.3 is 0 Å². The van der Waals surface area contributed by atoms with Crippen molar-refractivity contribution in [3.63, 3.8) is 0 Å². The van der Waals surface area contributed by atoms with Gasteiger partial charge in [0.1, 0.15) is 0 Å². The molecule has 0 saturated carbocycles. The first kappa shape index (κ1) is 16.3. The SMILES string of the molecule is CCCCN1CCC(NC2CCOC(C(C)C)C2)CC1. The molecule has 2 fully saturated rings. The third-order valence-electron chi connectivity index (χ3n) is 4.95. The van der Waals surface area contributed by atoms with Crippen molar-refractivity contribution in [3.8, 4) is 0 Å². The summed E-state index contributed by atoms with van der Waals surface area (Å²) in [6.07, 6.45) is 8.18. The fraction of sp³-hybridized carbons (Fsp3) is 1.00. The van der Waals surface area contributed by atoms with Crippen LogP contribution < -0.4 is 5.32 Å². The minimum absolute atomic E-state index is 0.464. The van der Waals surface area contributed by atoms with E-state index in [0.29, 0.717) is 18.1 Å². The van der Waals surface area contributed by atoms with E-state index in [9.17, 15) is 0 Å². The van der Waals surface area contributed by atoms with Crippen LogP contribution in [-0.2, 0) is 4.74 Å². The quantitative estimate of drug-likeness (QED) is 0.810. The minimum atomic E-state index is 0.464. The summed E-state index contributed by atoms with van der Waals surface area (Å²) in [6.45, 7) is 11.7. The van der Waals surface area contributed by atoms with E-state index in [2.05, 4.69) is 31.0 Å². The van der Waals surface area contributed by atoms with Crippen LogP contribution in [-0.4, -0.2) is 49.3 Å². The molecule has 118 valence electrons. The number of nitrogens with zero attached hydrogens (tertiary/aromatic N) is 1. The lowest BCUT2D eigenvalue weighted by atomic mass is 9.93. The predicted octanol–water partition coefficient (Wildman–Crippen LogP) is 3.04. The molecule has 2 unspecified atom stereocenters. The first-order valence-corrected chi connectivity index (χ1v) is 8.79. The van der Waals surface area contributed by atoms with E-state index >= 15 is 0 Å². The molecule has 0 aliphatic carbocycles. The maximum absolute atomic E-state index is 5.87. The van der Waals surface area contributed by atoms with Crippen molar-refractivity contribution in [1.29, 1.82) is 0 Å². The Kier molecular flexibility index (Phi) is 6.79. The molecular weight excluding hydrogens is 248 g/mol. The molecule has 2 rings (SSSR count). The van der Waals surface area contributed by atoms with Crippen LogP contribution in [0.15, 0.2) is 0 Å². The molecule has 0 radical (unpaired) electrons. The van der Waals surface area contributed by atoms with Gasteiger partial charge in [0.25, 0.3) is 0 Å². The van der Waals surface area contributed by atoms with Gasteiger partial charge < -0.3 is 15.0 Å². The molecule has 0 spiro atoms. The minimum Gasteiger partial charge on any atom is -0.378 e. The maximum atomic E-state index is 5.87. The highest BCUT2D eigenvalue weighted by atomic mass is 16.5. The molecule has 2 saturated heterocycles. The van der Waals surface area contributed by atoms with E-state index in [1.807, 2.05) is 0 Å². The Labute approximate surface area is 125 Å². The van der Waals surface area contributed by atoms with Crippen LogP contribution in [0.2, 0.25) is 0 Å². The van der Waals surface area contributed by atoms with E-state index in [1.54, 1.807) is 0 Å². The largest absolute Gasteiger partial charge is 0.378 e. The highest BCUT2D eigenvalue weighted by Gasteiger charge is 2.27. The Hall–Kier alpha value is -0.120. The van der Waals surface area contributed by atoms with Gasteiger partial charge in [0.2, 0.25) is 0 Å². The molecule has 1 N–H and O–H groups in total. The molecule has 0 aromatic heterocycles. The van der Waals surface area contributed by atoms with Crippen LogP contribution >= 0.6 is 0 Å². The summed E-state index contributed by atoms with van der Waals surface area (Å²) >= 11 is 0. The second kappa shape index (κ2) is 8.35. The van der Waals surface area contributed by atoms with Crippen molar-refractivity contribution in [2.24, 2.45) is 5.92 Å². The third kappa shape index (κ3) is 5.01. The van der Waals surface area contributed by atoms with Crippen molar-refractivity contribution in [1.82, 2.24) is 10.2 Å². The summed E-state index contributed by atoms with van der Waals surface area (Å²) in [4.78, 5) is 2.64. The number of ether oxygens (including phenoxy) is 1. The summed E-state index contributed by atoms with van der Waals surface area (Å²) in [7, 11) is 0. The Bertz CT molecular complexity index is 262. The standard InChI is InChI=1S/C17H34N2O/c1-4-5-9-19-10-6-15(7-11-19)18-16-8-12-20-17(13-16)14(2)3/h14-18H,4-13H2,1-3H3. The lowest BCUT2D eigenvalue weighted by Crippen LogP contribution is -2.49. The van der Waals surface area contributed by atoms with Gasteiger partial charge in [-0.1, -0.05) is 27.2 Å². The number of hydrogen-bond acceptors (Lipinski definition) is 3. The van der Waals surface area contributed by atoms with Gasteiger partial charge in [-0.25, -0.2) is 0 Å². The monoisotopic (exact) mass is 282 g/mol. The molecule has 2 aliphatic heterocycles. The Morgan fingerprint density at radius 1 is 1.15 bits per heavy atom. The second-order valence-corrected chi connectivity index (χ2v) is 7.01. The Morgan fingerprint density at radius 2 is 1.90 bits per heavy atom. The Balaban J connectivity index is 1.67. The van der Waals surface area contributed by atoms with E-state index in [1.165, 1.54) is 58.2 Å². The fourth-order valence-corrected chi connectivity index (χ4v) is 3.48. The second-order valence-electron chi connectivity index (χ2n) is 7.01. The first-order chi connectivity index (χ1) is 9.69.